The third-order valence-corrected chi connectivity index (χ3v) is 3.90. The zero-order chi connectivity index (χ0) is 14.8. The molecule has 0 radical (unpaired) electrons. The molecule has 3 rings (SSSR count). The van der Waals surface area contributed by atoms with Gasteiger partial charge in [-0.1, -0.05) is 0 Å². The fraction of sp³-hybridized carbons (Fsp3) is 0.429. The number of hydrogen-bond acceptors (Lipinski definition) is 4. The summed E-state index contributed by atoms with van der Waals surface area (Å²) in [5.74, 6) is 0. The Balaban J connectivity index is 1.63. The number of benzene rings is 1. The van der Waals surface area contributed by atoms with E-state index in [0.29, 0.717) is 13.1 Å². The van der Waals surface area contributed by atoms with Crippen LogP contribution in [0.15, 0.2) is 24.3 Å². The van der Waals surface area contributed by atoms with Crippen LogP contribution in [0.3, 0.4) is 0 Å². The Morgan fingerprint density at radius 1 is 1.33 bits per heavy atom. The molecule has 2 aliphatic heterocycles. The van der Waals surface area contributed by atoms with Crippen molar-refractivity contribution in [2.45, 2.75) is 12.5 Å². The first-order valence-electron chi connectivity index (χ1n) is 7.00. The van der Waals surface area contributed by atoms with Crippen molar-refractivity contribution < 1.29 is 9.53 Å². The maximum atomic E-state index is 11.9. The average molecular weight is 306 g/mol. The number of amides is 1. The molecule has 2 saturated heterocycles. The van der Waals surface area contributed by atoms with Crippen LogP contribution in [0.4, 0.5) is 16.2 Å². The number of anilines is 2. The Bertz CT molecular complexity index is 544. The molecule has 21 heavy (non-hydrogen) atoms. The molecule has 2 aliphatic rings. The largest absolute Gasteiger partial charge is 0.442 e. The molecule has 0 aliphatic carbocycles. The van der Waals surface area contributed by atoms with E-state index in [-0.39, 0.29) is 17.3 Å². The van der Waals surface area contributed by atoms with Gasteiger partial charge >= 0.3 is 6.09 Å². The van der Waals surface area contributed by atoms with E-state index in [2.05, 4.69) is 10.2 Å². The van der Waals surface area contributed by atoms with Crippen LogP contribution in [0.2, 0.25) is 0 Å². The lowest BCUT2D eigenvalue weighted by Crippen LogP contribution is -2.37. The first-order chi connectivity index (χ1) is 10.1. The monoisotopic (exact) mass is 306 g/mol. The molecule has 0 unspecified atom stereocenters. The highest BCUT2D eigenvalue weighted by Gasteiger charge is 2.32. The normalized spacial score (nSPS) is 21.0. The Labute approximate surface area is 128 Å². The SMILES string of the molecule is NC(=S)NC[C@H]1CN(c2ccc(N3CCC3)cc2)C(=O)O1. The summed E-state index contributed by atoms with van der Waals surface area (Å²) < 4.78 is 5.29. The summed E-state index contributed by atoms with van der Waals surface area (Å²) in [5, 5.41) is 3.03. The smallest absolute Gasteiger partial charge is 0.414 e. The van der Waals surface area contributed by atoms with Crippen molar-refractivity contribution in [3.05, 3.63) is 24.3 Å². The molecule has 112 valence electrons. The standard InChI is InChI=1S/C14H18N4O2S/c15-13(21)16-8-12-9-18(14(19)20-12)11-4-2-10(3-5-11)17-6-1-7-17/h2-5,12H,1,6-9H2,(H3,15,16,21)/t12-/m0/s1. The zero-order valence-electron chi connectivity index (χ0n) is 11.6. The minimum atomic E-state index is -0.332. The van der Waals surface area contributed by atoms with Crippen LogP contribution in [-0.4, -0.2) is 43.5 Å². The van der Waals surface area contributed by atoms with E-state index in [1.807, 2.05) is 24.3 Å². The van der Waals surface area contributed by atoms with E-state index in [0.717, 1.165) is 18.8 Å². The highest BCUT2D eigenvalue weighted by Crippen LogP contribution is 2.26. The molecule has 2 heterocycles. The molecule has 1 aromatic rings. The topological polar surface area (TPSA) is 70.8 Å². The van der Waals surface area contributed by atoms with Crippen LogP contribution >= 0.6 is 12.2 Å². The van der Waals surface area contributed by atoms with E-state index >= 15 is 0 Å². The lowest BCUT2D eigenvalue weighted by Gasteiger charge is -2.33. The van der Waals surface area contributed by atoms with E-state index in [9.17, 15) is 4.79 Å². The Morgan fingerprint density at radius 3 is 2.57 bits per heavy atom. The van der Waals surface area contributed by atoms with Gasteiger partial charge in [0.15, 0.2) is 5.11 Å². The Morgan fingerprint density at radius 2 is 2.00 bits per heavy atom. The summed E-state index contributed by atoms with van der Waals surface area (Å²) in [6, 6.07) is 8.00. The first-order valence-corrected chi connectivity index (χ1v) is 7.41. The summed E-state index contributed by atoms with van der Waals surface area (Å²) in [6.07, 6.45) is 0.674. The third kappa shape index (κ3) is 3.02. The summed E-state index contributed by atoms with van der Waals surface area (Å²) >= 11 is 4.75. The van der Waals surface area contributed by atoms with Crippen molar-refractivity contribution in [3.8, 4) is 0 Å². The zero-order valence-corrected chi connectivity index (χ0v) is 12.4. The van der Waals surface area contributed by atoms with Crippen molar-refractivity contribution in [2.75, 3.05) is 36.0 Å². The molecular weight excluding hydrogens is 288 g/mol. The Hall–Kier alpha value is -2.02. The van der Waals surface area contributed by atoms with Gasteiger partial charge in [0.2, 0.25) is 0 Å². The number of thiocarbonyl (C=S) groups is 1. The van der Waals surface area contributed by atoms with E-state index in [1.165, 1.54) is 12.1 Å². The molecule has 2 fully saturated rings. The van der Waals surface area contributed by atoms with Crippen molar-refractivity contribution in [3.63, 3.8) is 0 Å². The number of rotatable bonds is 4. The first kappa shape index (κ1) is 13.9. The molecule has 7 heteroatoms. The quantitative estimate of drug-likeness (QED) is 0.811. The third-order valence-electron chi connectivity index (χ3n) is 3.76. The number of nitrogens with one attached hydrogen (secondary N) is 1. The second-order valence-electron chi connectivity index (χ2n) is 5.22. The second kappa shape index (κ2) is 5.77. The van der Waals surface area contributed by atoms with Crippen molar-refractivity contribution >= 4 is 34.8 Å². The van der Waals surface area contributed by atoms with Gasteiger partial charge in [-0.05, 0) is 42.9 Å². The van der Waals surface area contributed by atoms with E-state index in [4.69, 9.17) is 22.7 Å². The van der Waals surface area contributed by atoms with Gasteiger partial charge in [-0.15, -0.1) is 0 Å². The van der Waals surface area contributed by atoms with Gasteiger partial charge < -0.3 is 20.7 Å². The summed E-state index contributed by atoms with van der Waals surface area (Å²) in [5.41, 5.74) is 7.42. The van der Waals surface area contributed by atoms with Crippen LogP contribution in [0.1, 0.15) is 6.42 Å². The van der Waals surface area contributed by atoms with Crippen LogP contribution in [0, 0.1) is 0 Å². The highest BCUT2D eigenvalue weighted by molar-refractivity contribution is 7.80. The number of hydrogen-bond donors (Lipinski definition) is 2. The minimum Gasteiger partial charge on any atom is -0.442 e. The molecule has 0 spiro atoms. The number of carbonyl (C=O) groups is 1. The number of carbonyl (C=O) groups excluding carboxylic acids is 1. The lowest BCUT2D eigenvalue weighted by molar-refractivity contribution is 0.143. The van der Waals surface area contributed by atoms with Crippen LogP contribution < -0.4 is 20.9 Å². The molecule has 1 amide bonds. The summed E-state index contributed by atoms with van der Waals surface area (Å²) in [6.45, 7) is 3.15. The molecule has 0 bridgehead atoms. The molecular formula is C14H18N4O2S. The van der Waals surface area contributed by atoms with E-state index < -0.39 is 0 Å². The van der Waals surface area contributed by atoms with Crippen LogP contribution in [-0.2, 0) is 4.74 Å². The van der Waals surface area contributed by atoms with Crippen molar-refractivity contribution in [2.24, 2.45) is 5.73 Å². The van der Waals surface area contributed by atoms with Gasteiger partial charge in [0.25, 0.3) is 0 Å². The van der Waals surface area contributed by atoms with Crippen LogP contribution in [0.25, 0.3) is 0 Å². The maximum Gasteiger partial charge on any atom is 0.414 e. The summed E-state index contributed by atoms with van der Waals surface area (Å²) in [4.78, 5) is 15.9. The van der Waals surface area contributed by atoms with Gasteiger partial charge in [0.05, 0.1) is 13.1 Å². The second-order valence-corrected chi connectivity index (χ2v) is 5.66. The van der Waals surface area contributed by atoms with Gasteiger partial charge in [0, 0.05) is 24.5 Å². The lowest BCUT2D eigenvalue weighted by atomic mass is 10.1. The van der Waals surface area contributed by atoms with Gasteiger partial charge in [-0.3, -0.25) is 4.90 Å². The Kier molecular flexibility index (Phi) is 3.83. The fourth-order valence-corrected chi connectivity index (χ4v) is 2.55. The number of nitrogens with two attached hydrogens (primary N) is 1. The minimum absolute atomic E-state index is 0.211. The average Bonchev–Trinajstić information content (AvgIpc) is 2.77. The molecule has 6 nitrogen and oxygen atoms in total. The molecule has 1 atom stereocenters. The van der Waals surface area contributed by atoms with Crippen molar-refractivity contribution in [1.29, 1.82) is 0 Å². The molecule has 0 aromatic heterocycles. The molecule has 0 saturated carbocycles. The molecule has 1 aromatic carbocycles. The van der Waals surface area contributed by atoms with Crippen molar-refractivity contribution in [1.82, 2.24) is 5.32 Å². The predicted octanol–water partition coefficient (Wildman–Crippen LogP) is 1.06. The van der Waals surface area contributed by atoms with Gasteiger partial charge in [0.1, 0.15) is 6.10 Å². The maximum absolute atomic E-state index is 11.9. The number of ether oxygens (including phenoxy) is 1. The highest BCUT2D eigenvalue weighted by atomic mass is 32.1. The number of nitrogens with zero attached hydrogens (tertiary/aromatic N) is 2. The van der Waals surface area contributed by atoms with Crippen LogP contribution in [0.5, 0.6) is 0 Å². The molecule has 3 N–H and O–H groups in total. The predicted molar refractivity (Wildman–Crippen MR) is 85.7 cm³/mol. The fourth-order valence-electron chi connectivity index (χ4n) is 2.47. The van der Waals surface area contributed by atoms with Gasteiger partial charge in [-0.2, -0.15) is 0 Å². The van der Waals surface area contributed by atoms with E-state index in [1.54, 1.807) is 4.90 Å². The number of cyclic esters (lactones) is 1. The summed E-state index contributed by atoms with van der Waals surface area (Å²) in [7, 11) is 0. The van der Waals surface area contributed by atoms with Gasteiger partial charge in [-0.25, -0.2) is 4.79 Å².